The van der Waals surface area contributed by atoms with E-state index in [0.717, 1.165) is 10.6 Å². The van der Waals surface area contributed by atoms with Gasteiger partial charge in [0.1, 0.15) is 5.01 Å². The van der Waals surface area contributed by atoms with Gasteiger partial charge >= 0.3 is 6.09 Å². The molecule has 0 bridgehead atoms. The lowest BCUT2D eigenvalue weighted by Gasteiger charge is -1.96. The first kappa shape index (κ1) is 10.6. The topological polar surface area (TPSA) is 64.1 Å². The van der Waals surface area contributed by atoms with Crippen LogP contribution in [-0.2, 0) is 4.74 Å². The molecular formula is C10H9N3O2S. The maximum Gasteiger partial charge on any atom is 0.413 e. The molecule has 2 rings (SSSR count). The van der Waals surface area contributed by atoms with Gasteiger partial charge in [0.25, 0.3) is 0 Å². The van der Waals surface area contributed by atoms with Crippen molar-refractivity contribution < 1.29 is 9.53 Å². The van der Waals surface area contributed by atoms with Crippen LogP contribution in [0.1, 0.15) is 0 Å². The first-order chi connectivity index (χ1) is 7.79. The van der Waals surface area contributed by atoms with E-state index in [9.17, 15) is 4.79 Å². The molecule has 0 radical (unpaired) electrons. The minimum Gasteiger partial charge on any atom is -0.453 e. The quantitative estimate of drug-likeness (QED) is 0.868. The van der Waals surface area contributed by atoms with E-state index >= 15 is 0 Å². The molecule has 0 saturated heterocycles. The van der Waals surface area contributed by atoms with Gasteiger partial charge in [0, 0.05) is 5.56 Å². The number of carbonyl (C=O) groups excluding carboxylic acids is 1. The van der Waals surface area contributed by atoms with Gasteiger partial charge in [0.2, 0.25) is 5.13 Å². The molecule has 0 unspecified atom stereocenters. The highest BCUT2D eigenvalue weighted by molar-refractivity contribution is 7.18. The summed E-state index contributed by atoms with van der Waals surface area (Å²) in [5, 5.41) is 11.5. The minimum absolute atomic E-state index is 0.422. The zero-order chi connectivity index (χ0) is 11.4. The summed E-state index contributed by atoms with van der Waals surface area (Å²) < 4.78 is 4.46. The number of nitrogens with one attached hydrogen (secondary N) is 1. The first-order valence-electron chi connectivity index (χ1n) is 4.53. The van der Waals surface area contributed by atoms with E-state index < -0.39 is 6.09 Å². The Morgan fingerprint density at radius 1 is 1.31 bits per heavy atom. The van der Waals surface area contributed by atoms with Crippen LogP contribution in [0.4, 0.5) is 9.93 Å². The Morgan fingerprint density at radius 2 is 2.06 bits per heavy atom. The van der Waals surface area contributed by atoms with Crippen molar-refractivity contribution in [2.24, 2.45) is 0 Å². The SMILES string of the molecule is COC(=O)Nc1nnc(-c2ccccc2)s1. The highest BCUT2D eigenvalue weighted by atomic mass is 32.1. The van der Waals surface area contributed by atoms with Crippen molar-refractivity contribution in [1.29, 1.82) is 0 Å². The van der Waals surface area contributed by atoms with Crippen molar-refractivity contribution >= 4 is 22.6 Å². The number of nitrogens with zero attached hydrogens (tertiary/aromatic N) is 2. The van der Waals surface area contributed by atoms with E-state index in [2.05, 4.69) is 20.3 Å². The van der Waals surface area contributed by atoms with Crippen molar-refractivity contribution in [2.45, 2.75) is 0 Å². The van der Waals surface area contributed by atoms with Crippen molar-refractivity contribution in [3.63, 3.8) is 0 Å². The van der Waals surface area contributed by atoms with Gasteiger partial charge in [-0.1, -0.05) is 41.7 Å². The normalized spacial score (nSPS) is 9.81. The van der Waals surface area contributed by atoms with Gasteiger partial charge in [-0.15, -0.1) is 10.2 Å². The van der Waals surface area contributed by atoms with Gasteiger partial charge < -0.3 is 4.74 Å². The number of aromatic nitrogens is 2. The second-order valence-corrected chi connectivity index (χ2v) is 3.87. The van der Waals surface area contributed by atoms with Crippen LogP contribution in [0.5, 0.6) is 0 Å². The summed E-state index contributed by atoms with van der Waals surface area (Å²) >= 11 is 1.30. The minimum atomic E-state index is -0.546. The standard InChI is InChI=1S/C10H9N3O2S/c1-15-10(14)11-9-13-12-8(16-9)7-5-3-2-4-6-7/h2-6H,1H3,(H,11,13,14). The van der Waals surface area contributed by atoms with Crippen molar-refractivity contribution in [2.75, 3.05) is 12.4 Å². The molecule has 0 aliphatic rings. The molecular weight excluding hydrogens is 226 g/mol. The second-order valence-electron chi connectivity index (χ2n) is 2.89. The molecule has 1 heterocycles. The first-order valence-corrected chi connectivity index (χ1v) is 5.35. The summed E-state index contributed by atoms with van der Waals surface area (Å²) in [7, 11) is 1.30. The maximum absolute atomic E-state index is 10.9. The van der Waals surface area contributed by atoms with Crippen LogP contribution in [0.2, 0.25) is 0 Å². The van der Waals surface area contributed by atoms with Crippen LogP contribution >= 0.6 is 11.3 Å². The van der Waals surface area contributed by atoms with Crippen LogP contribution in [0, 0.1) is 0 Å². The lowest BCUT2D eigenvalue weighted by molar-refractivity contribution is 0.187. The largest absolute Gasteiger partial charge is 0.453 e. The van der Waals surface area contributed by atoms with E-state index in [1.165, 1.54) is 18.4 Å². The number of carbonyl (C=O) groups is 1. The molecule has 2 aromatic rings. The van der Waals surface area contributed by atoms with E-state index in [4.69, 9.17) is 0 Å². The molecule has 0 fully saturated rings. The van der Waals surface area contributed by atoms with Crippen molar-refractivity contribution in [1.82, 2.24) is 10.2 Å². The zero-order valence-electron chi connectivity index (χ0n) is 8.51. The smallest absolute Gasteiger partial charge is 0.413 e. The molecule has 0 saturated carbocycles. The number of hydrogen-bond donors (Lipinski definition) is 1. The number of amides is 1. The molecule has 82 valence electrons. The highest BCUT2D eigenvalue weighted by Gasteiger charge is 2.08. The Kier molecular flexibility index (Phi) is 3.11. The summed E-state index contributed by atoms with van der Waals surface area (Å²) in [6.07, 6.45) is -0.546. The van der Waals surface area contributed by atoms with E-state index in [-0.39, 0.29) is 0 Å². The molecule has 0 aliphatic heterocycles. The molecule has 1 amide bonds. The van der Waals surface area contributed by atoms with Crippen LogP contribution in [-0.4, -0.2) is 23.4 Å². The van der Waals surface area contributed by atoms with Gasteiger partial charge in [-0.25, -0.2) is 4.79 Å². The molecule has 0 spiro atoms. The zero-order valence-corrected chi connectivity index (χ0v) is 9.32. The third-order valence-corrected chi connectivity index (χ3v) is 2.73. The fourth-order valence-corrected chi connectivity index (χ4v) is 1.84. The fourth-order valence-electron chi connectivity index (χ4n) is 1.11. The van der Waals surface area contributed by atoms with Crippen LogP contribution < -0.4 is 5.32 Å². The Hall–Kier alpha value is -1.95. The van der Waals surface area contributed by atoms with Crippen LogP contribution in [0.3, 0.4) is 0 Å². The Labute approximate surface area is 96.1 Å². The Bertz CT molecular complexity index is 484. The second kappa shape index (κ2) is 4.71. The number of methoxy groups -OCH3 is 1. The van der Waals surface area contributed by atoms with Gasteiger partial charge in [-0.05, 0) is 0 Å². The average molecular weight is 235 g/mol. The Morgan fingerprint density at radius 3 is 2.75 bits per heavy atom. The number of rotatable bonds is 2. The number of benzene rings is 1. The number of hydrogen-bond acceptors (Lipinski definition) is 5. The predicted molar refractivity (Wildman–Crippen MR) is 61.4 cm³/mol. The van der Waals surface area contributed by atoms with E-state index in [0.29, 0.717) is 5.13 Å². The Balaban J connectivity index is 2.17. The fraction of sp³-hybridized carbons (Fsp3) is 0.100. The maximum atomic E-state index is 10.9. The monoisotopic (exact) mass is 235 g/mol. The molecule has 0 atom stereocenters. The molecule has 0 aliphatic carbocycles. The number of ether oxygens (including phenoxy) is 1. The number of anilines is 1. The average Bonchev–Trinajstić information content (AvgIpc) is 2.78. The van der Waals surface area contributed by atoms with Gasteiger partial charge in [-0.3, -0.25) is 5.32 Å². The van der Waals surface area contributed by atoms with Crippen LogP contribution in [0.15, 0.2) is 30.3 Å². The van der Waals surface area contributed by atoms with Gasteiger partial charge in [-0.2, -0.15) is 0 Å². The van der Waals surface area contributed by atoms with Gasteiger partial charge in [0.15, 0.2) is 0 Å². The molecule has 5 nitrogen and oxygen atoms in total. The summed E-state index contributed by atoms with van der Waals surface area (Å²) in [5.41, 5.74) is 0.970. The molecule has 1 aromatic heterocycles. The highest BCUT2D eigenvalue weighted by Crippen LogP contribution is 2.25. The summed E-state index contributed by atoms with van der Waals surface area (Å²) in [5.74, 6) is 0. The van der Waals surface area contributed by atoms with Crippen LogP contribution in [0.25, 0.3) is 10.6 Å². The third kappa shape index (κ3) is 2.34. The molecule has 6 heteroatoms. The van der Waals surface area contributed by atoms with Gasteiger partial charge in [0.05, 0.1) is 7.11 Å². The molecule has 1 aromatic carbocycles. The summed E-state index contributed by atoms with van der Waals surface area (Å²) in [6.45, 7) is 0. The lowest BCUT2D eigenvalue weighted by Crippen LogP contribution is -2.10. The molecule has 1 N–H and O–H groups in total. The summed E-state index contributed by atoms with van der Waals surface area (Å²) in [4.78, 5) is 10.9. The third-order valence-electron chi connectivity index (χ3n) is 1.84. The van der Waals surface area contributed by atoms with E-state index in [1.54, 1.807) is 0 Å². The van der Waals surface area contributed by atoms with E-state index in [1.807, 2.05) is 30.3 Å². The molecule has 16 heavy (non-hydrogen) atoms. The lowest BCUT2D eigenvalue weighted by atomic mass is 10.2. The van der Waals surface area contributed by atoms with Crippen molar-refractivity contribution in [3.8, 4) is 10.6 Å². The van der Waals surface area contributed by atoms with Crippen molar-refractivity contribution in [3.05, 3.63) is 30.3 Å². The summed E-state index contributed by atoms with van der Waals surface area (Å²) in [6, 6.07) is 9.64. The predicted octanol–water partition coefficient (Wildman–Crippen LogP) is 2.38.